The van der Waals surface area contributed by atoms with Crippen LogP contribution in [0.2, 0.25) is 5.02 Å². The Bertz CT molecular complexity index is 264. The molecule has 0 spiro atoms. The number of hydrogen-bond acceptors (Lipinski definition) is 3. The number of aromatic nitrogens is 1. The molecule has 1 heterocycles. The summed E-state index contributed by atoms with van der Waals surface area (Å²) < 4.78 is 0. The van der Waals surface area contributed by atoms with E-state index in [0.29, 0.717) is 16.8 Å². The Morgan fingerprint density at radius 2 is 2.46 bits per heavy atom. The monoisotopic (exact) mass is 216 g/mol. The lowest BCUT2D eigenvalue weighted by Crippen LogP contribution is -2.15. The summed E-state index contributed by atoms with van der Waals surface area (Å²) in [5.41, 5.74) is 5.59. The zero-order chi connectivity index (χ0) is 9.68. The molecule has 2 nitrogen and oxygen atoms in total. The first-order valence-corrected chi connectivity index (χ1v) is 5.51. The van der Waals surface area contributed by atoms with Crippen LogP contribution in [0.15, 0.2) is 23.4 Å². The Balaban J connectivity index is 2.67. The molecule has 1 aromatic heterocycles. The number of rotatable bonds is 4. The van der Waals surface area contributed by atoms with Gasteiger partial charge in [0.2, 0.25) is 0 Å². The molecule has 0 fully saturated rings. The third kappa shape index (κ3) is 3.18. The van der Waals surface area contributed by atoms with E-state index in [9.17, 15) is 0 Å². The van der Waals surface area contributed by atoms with E-state index in [1.165, 1.54) is 0 Å². The van der Waals surface area contributed by atoms with Crippen molar-refractivity contribution >= 4 is 23.4 Å². The Morgan fingerprint density at radius 1 is 1.69 bits per heavy atom. The van der Waals surface area contributed by atoms with Gasteiger partial charge in [0.25, 0.3) is 0 Å². The first-order chi connectivity index (χ1) is 6.27. The van der Waals surface area contributed by atoms with Gasteiger partial charge < -0.3 is 5.73 Å². The van der Waals surface area contributed by atoms with E-state index in [4.69, 9.17) is 17.3 Å². The molecular formula is C9H13ClN2S. The molecule has 4 heteroatoms. The van der Waals surface area contributed by atoms with Gasteiger partial charge in [0.05, 0.1) is 5.02 Å². The van der Waals surface area contributed by atoms with Crippen molar-refractivity contribution in [3.05, 3.63) is 23.4 Å². The zero-order valence-electron chi connectivity index (χ0n) is 7.53. The van der Waals surface area contributed by atoms with Crippen LogP contribution in [0.1, 0.15) is 13.3 Å². The fourth-order valence-electron chi connectivity index (χ4n) is 0.914. The van der Waals surface area contributed by atoms with E-state index in [2.05, 4.69) is 11.9 Å². The van der Waals surface area contributed by atoms with Gasteiger partial charge in [0.1, 0.15) is 5.03 Å². The minimum atomic E-state index is 0.410. The second-order valence-electron chi connectivity index (χ2n) is 2.67. The van der Waals surface area contributed by atoms with Gasteiger partial charge >= 0.3 is 0 Å². The van der Waals surface area contributed by atoms with Crippen molar-refractivity contribution in [3.8, 4) is 0 Å². The van der Waals surface area contributed by atoms with Gasteiger partial charge in [-0.15, -0.1) is 11.8 Å². The zero-order valence-corrected chi connectivity index (χ0v) is 9.11. The van der Waals surface area contributed by atoms with Crippen LogP contribution in [0.4, 0.5) is 0 Å². The van der Waals surface area contributed by atoms with Crippen molar-refractivity contribution in [2.45, 2.75) is 23.6 Å². The van der Waals surface area contributed by atoms with Crippen LogP contribution in [0.5, 0.6) is 0 Å². The number of thioether (sulfide) groups is 1. The quantitative estimate of drug-likeness (QED) is 0.787. The summed E-state index contributed by atoms with van der Waals surface area (Å²) in [6.07, 6.45) is 2.78. The lowest BCUT2D eigenvalue weighted by atomic mass is 10.3. The van der Waals surface area contributed by atoms with Gasteiger partial charge in [-0.05, 0) is 18.6 Å². The molecule has 1 rings (SSSR count). The maximum absolute atomic E-state index is 5.96. The molecule has 0 aliphatic rings. The van der Waals surface area contributed by atoms with Gasteiger partial charge in [-0.2, -0.15) is 0 Å². The third-order valence-corrected chi connectivity index (χ3v) is 3.55. The van der Waals surface area contributed by atoms with E-state index in [-0.39, 0.29) is 0 Å². The molecular weight excluding hydrogens is 204 g/mol. The molecule has 0 radical (unpaired) electrons. The van der Waals surface area contributed by atoms with E-state index in [1.54, 1.807) is 18.0 Å². The SMILES string of the molecule is CCC(CN)Sc1ncccc1Cl. The average Bonchev–Trinajstić information content (AvgIpc) is 2.17. The predicted octanol–water partition coefficient (Wildman–Crippen LogP) is 2.56. The summed E-state index contributed by atoms with van der Waals surface area (Å²) in [5.74, 6) is 0. The minimum Gasteiger partial charge on any atom is -0.329 e. The van der Waals surface area contributed by atoms with Gasteiger partial charge in [-0.25, -0.2) is 4.98 Å². The fourth-order valence-corrected chi connectivity index (χ4v) is 2.05. The van der Waals surface area contributed by atoms with E-state index in [1.807, 2.05) is 12.1 Å². The second-order valence-corrected chi connectivity index (χ2v) is 4.37. The molecule has 0 saturated carbocycles. The van der Waals surface area contributed by atoms with E-state index < -0.39 is 0 Å². The van der Waals surface area contributed by atoms with Crippen molar-refractivity contribution in [2.75, 3.05) is 6.54 Å². The number of nitrogens with zero attached hydrogens (tertiary/aromatic N) is 1. The van der Waals surface area contributed by atoms with Crippen LogP contribution in [-0.4, -0.2) is 16.8 Å². The van der Waals surface area contributed by atoms with E-state index >= 15 is 0 Å². The summed E-state index contributed by atoms with van der Waals surface area (Å²) in [4.78, 5) is 4.19. The highest BCUT2D eigenvalue weighted by molar-refractivity contribution is 8.00. The molecule has 0 bridgehead atoms. The van der Waals surface area contributed by atoms with Gasteiger partial charge in [-0.1, -0.05) is 18.5 Å². The highest BCUT2D eigenvalue weighted by atomic mass is 35.5. The van der Waals surface area contributed by atoms with Crippen LogP contribution in [0.25, 0.3) is 0 Å². The molecule has 72 valence electrons. The first-order valence-electron chi connectivity index (χ1n) is 4.25. The number of hydrogen-bond donors (Lipinski definition) is 1. The fraction of sp³-hybridized carbons (Fsp3) is 0.444. The van der Waals surface area contributed by atoms with Gasteiger partial charge in [-0.3, -0.25) is 0 Å². The molecule has 13 heavy (non-hydrogen) atoms. The van der Waals surface area contributed by atoms with Gasteiger partial charge in [0.15, 0.2) is 0 Å². The third-order valence-electron chi connectivity index (χ3n) is 1.72. The normalized spacial score (nSPS) is 12.8. The smallest absolute Gasteiger partial charge is 0.115 e. The number of pyridine rings is 1. The lowest BCUT2D eigenvalue weighted by molar-refractivity contribution is 0.824. The summed E-state index contributed by atoms with van der Waals surface area (Å²) in [6.45, 7) is 2.77. The standard InChI is InChI=1S/C9H13ClN2S/c1-2-7(6-11)13-9-8(10)4-3-5-12-9/h3-5,7H,2,6,11H2,1H3. The van der Waals surface area contributed by atoms with Crippen molar-refractivity contribution in [1.82, 2.24) is 4.98 Å². The molecule has 1 aromatic rings. The summed E-state index contributed by atoms with van der Waals surface area (Å²) in [7, 11) is 0. The maximum atomic E-state index is 5.96. The highest BCUT2D eigenvalue weighted by Gasteiger charge is 2.09. The Morgan fingerprint density at radius 3 is 3.00 bits per heavy atom. The minimum absolute atomic E-state index is 0.410. The molecule has 0 aliphatic heterocycles. The summed E-state index contributed by atoms with van der Waals surface area (Å²) in [6, 6.07) is 3.68. The molecule has 0 amide bonds. The molecule has 1 unspecified atom stereocenters. The summed E-state index contributed by atoms with van der Waals surface area (Å²) >= 11 is 7.61. The van der Waals surface area contributed by atoms with E-state index in [0.717, 1.165) is 11.4 Å². The van der Waals surface area contributed by atoms with Crippen LogP contribution < -0.4 is 5.73 Å². The van der Waals surface area contributed by atoms with Crippen LogP contribution in [-0.2, 0) is 0 Å². The molecule has 2 N–H and O–H groups in total. The number of halogens is 1. The van der Waals surface area contributed by atoms with Crippen molar-refractivity contribution in [1.29, 1.82) is 0 Å². The first kappa shape index (κ1) is 10.8. The Hall–Kier alpha value is -0.250. The Kier molecular flexibility index (Phi) is 4.56. The second kappa shape index (κ2) is 5.47. The molecule has 0 aromatic carbocycles. The van der Waals surface area contributed by atoms with Crippen LogP contribution >= 0.6 is 23.4 Å². The number of nitrogens with two attached hydrogens (primary N) is 1. The lowest BCUT2D eigenvalue weighted by Gasteiger charge is -2.11. The predicted molar refractivity (Wildman–Crippen MR) is 58.2 cm³/mol. The summed E-state index contributed by atoms with van der Waals surface area (Å²) in [5, 5.41) is 1.99. The largest absolute Gasteiger partial charge is 0.329 e. The Labute approximate surface area is 87.9 Å². The average molecular weight is 217 g/mol. The van der Waals surface area contributed by atoms with Crippen LogP contribution in [0, 0.1) is 0 Å². The molecule has 0 saturated heterocycles. The molecule has 0 aliphatic carbocycles. The van der Waals surface area contributed by atoms with Crippen molar-refractivity contribution < 1.29 is 0 Å². The molecule has 1 atom stereocenters. The van der Waals surface area contributed by atoms with Crippen molar-refractivity contribution in [2.24, 2.45) is 5.73 Å². The topological polar surface area (TPSA) is 38.9 Å². The van der Waals surface area contributed by atoms with Gasteiger partial charge in [0, 0.05) is 18.0 Å². The van der Waals surface area contributed by atoms with Crippen molar-refractivity contribution in [3.63, 3.8) is 0 Å². The van der Waals surface area contributed by atoms with Crippen LogP contribution in [0.3, 0.4) is 0 Å². The highest BCUT2D eigenvalue weighted by Crippen LogP contribution is 2.28. The maximum Gasteiger partial charge on any atom is 0.115 e.